The van der Waals surface area contributed by atoms with Gasteiger partial charge in [-0.1, -0.05) is 31.0 Å². The molecule has 0 bridgehead atoms. The summed E-state index contributed by atoms with van der Waals surface area (Å²) in [5.41, 5.74) is 2.10. The van der Waals surface area contributed by atoms with E-state index in [-0.39, 0.29) is 24.0 Å². The predicted molar refractivity (Wildman–Crippen MR) is 97.2 cm³/mol. The lowest BCUT2D eigenvalue weighted by atomic mass is 9.85. The number of hydrogen-bond acceptors (Lipinski definition) is 3. The van der Waals surface area contributed by atoms with Crippen LogP contribution < -0.4 is 5.32 Å². The maximum atomic E-state index is 12.5. The van der Waals surface area contributed by atoms with Crippen molar-refractivity contribution in [2.75, 3.05) is 13.1 Å². The van der Waals surface area contributed by atoms with Crippen molar-refractivity contribution in [1.29, 1.82) is 0 Å². The molecular formula is C19H25ClN2O3. The minimum atomic E-state index is -0.538. The van der Waals surface area contributed by atoms with Crippen LogP contribution in [0.25, 0.3) is 0 Å². The van der Waals surface area contributed by atoms with Gasteiger partial charge in [0.15, 0.2) is 0 Å². The molecule has 1 saturated heterocycles. The van der Waals surface area contributed by atoms with E-state index in [4.69, 9.17) is 16.3 Å². The Balaban J connectivity index is 1.89. The molecule has 2 unspecified atom stereocenters. The molecule has 1 N–H and O–H groups in total. The zero-order valence-corrected chi connectivity index (χ0v) is 15.9. The van der Waals surface area contributed by atoms with Gasteiger partial charge in [0.05, 0.1) is 16.6 Å². The maximum Gasteiger partial charge on any atom is 0.410 e. The van der Waals surface area contributed by atoms with E-state index in [0.717, 1.165) is 24.0 Å². The topological polar surface area (TPSA) is 58.6 Å². The fourth-order valence-electron chi connectivity index (χ4n) is 3.63. The molecule has 2 aliphatic heterocycles. The van der Waals surface area contributed by atoms with Crippen LogP contribution in [0, 0.1) is 0 Å². The van der Waals surface area contributed by atoms with E-state index >= 15 is 0 Å². The van der Waals surface area contributed by atoms with Crippen LogP contribution in [0.1, 0.15) is 61.5 Å². The molecule has 2 atom stereocenters. The fourth-order valence-corrected chi connectivity index (χ4v) is 3.97. The third-order valence-corrected chi connectivity index (χ3v) is 4.93. The number of rotatable bonds is 2. The molecule has 1 aromatic rings. The van der Waals surface area contributed by atoms with Crippen molar-refractivity contribution >= 4 is 23.6 Å². The molecule has 2 heterocycles. The molecule has 2 amide bonds. The average Bonchev–Trinajstić information content (AvgIpc) is 2.89. The molecule has 0 aromatic heterocycles. The van der Waals surface area contributed by atoms with Crippen LogP contribution in [0.2, 0.25) is 5.02 Å². The number of hydrogen-bond donors (Lipinski definition) is 1. The number of amides is 2. The number of carbonyl (C=O) groups is 2. The van der Waals surface area contributed by atoms with Gasteiger partial charge >= 0.3 is 6.09 Å². The molecule has 0 aliphatic carbocycles. The molecule has 5 nitrogen and oxygen atoms in total. The average molecular weight is 365 g/mol. The monoisotopic (exact) mass is 364 g/mol. The molecule has 3 rings (SSSR count). The lowest BCUT2D eigenvalue weighted by Gasteiger charge is -2.29. The predicted octanol–water partition coefficient (Wildman–Crippen LogP) is 3.74. The minimum absolute atomic E-state index is 0.0505. The first-order chi connectivity index (χ1) is 11.7. The summed E-state index contributed by atoms with van der Waals surface area (Å²) in [5, 5.41) is 3.49. The Labute approximate surface area is 153 Å². The Morgan fingerprint density at radius 2 is 2.08 bits per heavy atom. The van der Waals surface area contributed by atoms with Crippen molar-refractivity contribution in [1.82, 2.24) is 10.2 Å². The second kappa shape index (κ2) is 6.52. The second-order valence-electron chi connectivity index (χ2n) is 7.86. The summed E-state index contributed by atoms with van der Waals surface area (Å²) in [6.07, 6.45) is 1.59. The SMILES string of the molecule is CCCc1cc(Cl)c2c(c1)C1CN(C(=O)OC(C)(C)C)CC1NC2=O. The Hall–Kier alpha value is -1.75. The van der Waals surface area contributed by atoms with E-state index in [1.807, 2.05) is 26.8 Å². The molecule has 136 valence electrons. The molecule has 0 radical (unpaired) electrons. The second-order valence-corrected chi connectivity index (χ2v) is 8.27. The first kappa shape index (κ1) is 18.1. The number of nitrogens with zero attached hydrogens (tertiary/aromatic N) is 1. The van der Waals surface area contributed by atoms with E-state index in [1.165, 1.54) is 0 Å². The van der Waals surface area contributed by atoms with E-state index < -0.39 is 5.60 Å². The largest absolute Gasteiger partial charge is 0.444 e. The first-order valence-corrected chi connectivity index (χ1v) is 9.18. The van der Waals surface area contributed by atoms with Crippen molar-refractivity contribution in [2.45, 2.75) is 58.1 Å². The third kappa shape index (κ3) is 3.61. The van der Waals surface area contributed by atoms with Crippen molar-refractivity contribution in [3.05, 3.63) is 33.8 Å². The number of fused-ring (bicyclic) bond motifs is 3. The van der Waals surface area contributed by atoms with Crippen LogP contribution in [0.3, 0.4) is 0 Å². The van der Waals surface area contributed by atoms with Gasteiger partial charge in [0.25, 0.3) is 5.91 Å². The number of likely N-dealkylation sites (tertiary alicyclic amines) is 1. The maximum absolute atomic E-state index is 12.5. The van der Waals surface area contributed by atoms with E-state index in [1.54, 1.807) is 4.90 Å². The number of nitrogens with one attached hydrogen (secondary N) is 1. The van der Waals surface area contributed by atoms with Gasteiger partial charge in [0, 0.05) is 19.0 Å². The highest BCUT2D eigenvalue weighted by Gasteiger charge is 2.43. The van der Waals surface area contributed by atoms with Crippen molar-refractivity contribution < 1.29 is 14.3 Å². The summed E-state index contributed by atoms with van der Waals surface area (Å²) in [7, 11) is 0. The highest BCUT2D eigenvalue weighted by molar-refractivity contribution is 6.34. The van der Waals surface area contributed by atoms with Crippen LogP contribution in [0.5, 0.6) is 0 Å². The van der Waals surface area contributed by atoms with Crippen LogP contribution in [0.15, 0.2) is 12.1 Å². The molecule has 6 heteroatoms. The van der Waals surface area contributed by atoms with Crippen molar-refractivity contribution in [3.63, 3.8) is 0 Å². The normalized spacial score (nSPS) is 22.3. The minimum Gasteiger partial charge on any atom is -0.444 e. The van der Waals surface area contributed by atoms with Gasteiger partial charge in [0.2, 0.25) is 0 Å². The van der Waals surface area contributed by atoms with Gasteiger partial charge in [-0.25, -0.2) is 4.79 Å². The number of ether oxygens (including phenoxy) is 1. The zero-order valence-electron chi connectivity index (χ0n) is 15.2. The van der Waals surface area contributed by atoms with Crippen LogP contribution in [-0.2, 0) is 11.2 Å². The van der Waals surface area contributed by atoms with Gasteiger partial charge in [-0.05, 0) is 44.4 Å². The Morgan fingerprint density at radius 1 is 1.36 bits per heavy atom. The number of halogens is 1. The summed E-state index contributed by atoms with van der Waals surface area (Å²) < 4.78 is 5.48. The summed E-state index contributed by atoms with van der Waals surface area (Å²) >= 11 is 6.39. The smallest absolute Gasteiger partial charge is 0.410 e. The first-order valence-electron chi connectivity index (χ1n) is 8.80. The summed E-state index contributed by atoms with van der Waals surface area (Å²) in [6.45, 7) is 8.65. The highest BCUT2D eigenvalue weighted by Crippen LogP contribution is 2.38. The Kier molecular flexibility index (Phi) is 4.71. The molecule has 1 fully saturated rings. The summed E-state index contributed by atoms with van der Waals surface area (Å²) in [6, 6.07) is 3.87. The van der Waals surface area contributed by atoms with Crippen LogP contribution in [-0.4, -0.2) is 41.6 Å². The van der Waals surface area contributed by atoms with E-state index in [0.29, 0.717) is 23.7 Å². The van der Waals surface area contributed by atoms with Gasteiger partial charge in [-0.3, -0.25) is 4.79 Å². The molecule has 2 aliphatic rings. The number of carbonyl (C=O) groups excluding carboxylic acids is 2. The molecule has 1 aromatic carbocycles. The van der Waals surface area contributed by atoms with E-state index in [9.17, 15) is 9.59 Å². The lowest BCUT2D eigenvalue weighted by molar-refractivity contribution is 0.0288. The lowest BCUT2D eigenvalue weighted by Crippen LogP contribution is -2.45. The summed E-state index contributed by atoms with van der Waals surface area (Å²) in [5.74, 6) is -0.107. The van der Waals surface area contributed by atoms with Crippen molar-refractivity contribution in [3.8, 4) is 0 Å². The molecule has 0 spiro atoms. The fraction of sp³-hybridized carbons (Fsp3) is 0.579. The van der Waals surface area contributed by atoms with Crippen molar-refractivity contribution in [2.24, 2.45) is 0 Å². The third-order valence-electron chi connectivity index (χ3n) is 4.63. The van der Waals surface area contributed by atoms with Gasteiger partial charge < -0.3 is 15.0 Å². The highest BCUT2D eigenvalue weighted by atomic mass is 35.5. The van der Waals surface area contributed by atoms with Gasteiger partial charge in [-0.2, -0.15) is 0 Å². The molecule has 25 heavy (non-hydrogen) atoms. The van der Waals surface area contributed by atoms with Gasteiger partial charge in [0.1, 0.15) is 5.60 Å². The standard InChI is InChI=1S/C19H25ClN2O3/c1-5-6-11-7-12-13-9-22(18(24)25-19(2,3)4)10-15(13)21-17(23)16(12)14(20)8-11/h7-8,13,15H,5-6,9-10H2,1-4H3,(H,21,23). The Morgan fingerprint density at radius 3 is 2.72 bits per heavy atom. The zero-order chi connectivity index (χ0) is 18.4. The molecule has 0 saturated carbocycles. The van der Waals surface area contributed by atoms with Crippen LogP contribution in [0.4, 0.5) is 4.79 Å². The van der Waals surface area contributed by atoms with Crippen LogP contribution >= 0.6 is 11.6 Å². The van der Waals surface area contributed by atoms with Gasteiger partial charge in [-0.15, -0.1) is 0 Å². The number of aryl methyl sites for hydroxylation is 1. The quantitative estimate of drug-likeness (QED) is 0.869. The summed E-state index contributed by atoms with van der Waals surface area (Å²) in [4.78, 5) is 26.6. The molecular weight excluding hydrogens is 340 g/mol. The van der Waals surface area contributed by atoms with E-state index in [2.05, 4.69) is 18.3 Å². The Bertz CT molecular complexity index is 711. The number of benzene rings is 1.